The molecule has 1 unspecified atom stereocenters. The van der Waals surface area contributed by atoms with Gasteiger partial charge in [0.25, 0.3) is 5.56 Å². The van der Waals surface area contributed by atoms with Gasteiger partial charge in [0.15, 0.2) is 6.10 Å². The summed E-state index contributed by atoms with van der Waals surface area (Å²) in [4.78, 5) is 39.1. The lowest BCUT2D eigenvalue weighted by molar-refractivity contribution is -0.157. The Morgan fingerprint density at radius 1 is 1.12 bits per heavy atom. The topological polar surface area (TPSA) is 137 Å². The molecule has 0 saturated carbocycles. The first-order chi connectivity index (χ1) is 19.9. The predicted molar refractivity (Wildman–Crippen MR) is 159 cm³/mol. The molecule has 4 N–H and O–H groups in total. The Hall–Kier alpha value is -3.47. The quantitative estimate of drug-likeness (QED) is 0.192. The first kappa shape index (κ1) is 33.7. The maximum atomic E-state index is 14.5. The number of nitrogens with zero attached hydrogens (tertiary/aromatic N) is 2. The fourth-order valence-corrected chi connectivity index (χ4v) is 5.27. The molecule has 3 aliphatic rings. The maximum Gasteiger partial charge on any atom is 0.340 e. The molecule has 41 heavy (non-hydrogen) atoms. The van der Waals surface area contributed by atoms with Gasteiger partial charge in [-0.1, -0.05) is 34.6 Å². The highest BCUT2D eigenvalue weighted by Gasteiger charge is 2.35. The zero-order chi connectivity index (χ0) is 30.9. The van der Waals surface area contributed by atoms with Crippen molar-refractivity contribution in [2.24, 2.45) is 5.73 Å². The Labute approximate surface area is 240 Å². The molecule has 3 aromatic rings. The summed E-state index contributed by atoms with van der Waals surface area (Å²) in [5, 5.41) is 14.1. The number of nitrogens with two attached hydrogens (primary N) is 1. The highest BCUT2D eigenvalue weighted by atomic mass is 19.1. The normalized spacial score (nSPS) is 15.1. The molecular formula is C31H43FN4O5. The number of ether oxygens (including phenoxy) is 1. The molecule has 0 amide bonds. The molecule has 4 heterocycles. The summed E-state index contributed by atoms with van der Waals surface area (Å²) >= 11 is 0. The van der Waals surface area contributed by atoms with Crippen LogP contribution in [0.15, 0.2) is 16.9 Å². The van der Waals surface area contributed by atoms with Crippen molar-refractivity contribution in [1.82, 2.24) is 14.9 Å². The molecule has 2 aromatic heterocycles. The van der Waals surface area contributed by atoms with Gasteiger partial charge in [0.05, 0.1) is 35.6 Å². The largest absolute Gasteiger partial charge is 0.458 e. The number of rotatable bonds is 3. The third kappa shape index (κ3) is 6.39. The molecule has 2 aliphatic heterocycles. The second-order valence-corrected chi connectivity index (χ2v) is 8.97. The third-order valence-corrected chi connectivity index (χ3v) is 7.02. The lowest BCUT2D eigenvalue weighted by Crippen LogP contribution is -2.32. The number of cyclic esters (lactones) is 1. The van der Waals surface area contributed by atoms with Gasteiger partial charge in [-0.15, -0.1) is 0 Å². The molecule has 0 spiro atoms. The Morgan fingerprint density at radius 2 is 1.78 bits per heavy atom. The van der Waals surface area contributed by atoms with Gasteiger partial charge in [-0.05, 0) is 62.5 Å². The third-order valence-electron chi connectivity index (χ3n) is 7.02. The van der Waals surface area contributed by atoms with Crippen LogP contribution in [0.25, 0.3) is 22.3 Å². The standard InChI is InChI=1S/C22H17FN2O4.C4H9NO.2C2H6.CH5N/c1-9-10-3-2-4-11-13-7-25-17(19(13)24-16(18(10)11)6-15(9)23)5-12-14(21(25)27)8-29-22(28)20(12)26;1-2-5-3-4-6;3*1-2/h5-6,20,26H,2-4,7-8H2,1H3;4-5H,2-3H2,1H3;2*1-2H3;2H2,1H3. The molecule has 10 heteroatoms. The van der Waals surface area contributed by atoms with Crippen LogP contribution < -0.4 is 16.6 Å². The van der Waals surface area contributed by atoms with Gasteiger partial charge >= 0.3 is 5.97 Å². The summed E-state index contributed by atoms with van der Waals surface area (Å²) < 4.78 is 21.1. The van der Waals surface area contributed by atoms with Crippen LogP contribution >= 0.6 is 0 Å². The maximum absolute atomic E-state index is 14.5. The second kappa shape index (κ2) is 15.5. The number of aldehydes is 1. The van der Waals surface area contributed by atoms with E-state index in [1.165, 1.54) is 13.1 Å². The summed E-state index contributed by atoms with van der Waals surface area (Å²) in [6, 6.07) is 3.13. The first-order valence-electron chi connectivity index (χ1n) is 14.3. The van der Waals surface area contributed by atoms with E-state index in [2.05, 4.69) is 11.1 Å². The van der Waals surface area contributed by atoms with E-state index in [0.717, 1.165) is 54.2 Å². The van der Waals surface area contributed by atoms with Gasteiger partial charge in [0.2, 0.25) is 0 Å². The van der Waals surface area contributed by atoms with Gasteiger partial charge in [-0.25, -0.2) is 14.2 Å². The van der Waals surface area contributed by atoms with Crippen molar-refractivity contribution in [3.05, 3.63) is 61.7 Å². The predicted octanol–water partition coefficient (Wildman–Crippen LogP) is 3.87. The number of likely N-dealkylation sites (N-methyl/N-ethyl adjacent to an activating group) is 1. The van der Waals surface area contributed by atoms with Crippen LogP contribution in [0.4, 0.5) is 4.39 Å². The number of aryl methyl sites for hydroxylation is 2. The average Bonchev–Trinajstić information content (AvgIpc) is 3.39. The highest BCUT2D eigenvalue weighted by molar-refractivity contribution is 5.92. The van der Waals surface area contributed by atoms with E-state index < -0.39 is 12.1 Å². The number of halogens is 1. The summed E-state index contributed by atoms with van der Waals surface area (Å²) in [5.41, 5.74) is 10.4. The number of nitrogens with one attached hydrogen (secondary N) is 1. The van der Waals surface area contributed by atoms with Gasteiger partial charge < -0.3 is 30.3 Å². The van der Waals surface area contributed by atoms with Gasteiger partial charge in [0.1, 0.15) is 18.7 Å². The van der Waals surface area contributed by atoms with Crippen molar-refractivity contribution in [3.63, 3.8) is 0 Å². The number of aliphatic hydroxyl groups is 1. The molecule has 9 nitrogen and oxygen atoms in total. The number of aromatic nitrogens is 2. The van der Waals surface area contributed by atoms with Crippen LogP contribution in [0.5, 0.6) is 0 Å². The average molecular weight is 571 g/mol. The van der Waals surface area contributed by atoms with Crippen LogP contribution in [0.1, 0.15) is 80.5 Å². The first-order valence-corrected chi connectivity index (χ1v) is 14.3. The van der Waals surface area contributed by atoms with E-state index in [1.54, 1.807) is 17.6 Å². The molecule has 0 fully saturated rings. The number of hydrogen-bond acceptors (Lipinski definition) is 8. The Morgan fingerprint density at radius 3 is 2.39 bits per heavy atom. The van der Waals surface area contributed by atoms with Gasteiger partial charge in [0, 0.05) is 22.6 Å². The van der Waals surface area contributed by atoms with Crippen molar-refractivity contribution in [1.29, 1.82) is 0 Å². The fraction of sp³-hybridized carbons (Fsp3) is 0.484. The van der Waals surface area contributed by atoms with Crippen LogP contribution in [0.3, 0.4) is 0 Å². The van der Waals surface area contributed by atoms with Gasteiger partial charge in [-0.2, -0.15) is 0 Å². The van der Waals surface area contributed by atoms with E-state index >= 15 is 0 Å². The van der Waals surface area contributed by atoms with Crippen LogP contribution in [-0.4, -0.2) is 47.1 Å². The van der Waals surface area contributed by atoms with Crippen LogP contribution in [0, 0.1) is 12.7 Å². The minimum absolute atomic E-state index is 0.141. The van der Waals surface area contributed by atoms with E-state index in [-0.39, 0.29) is 23.5 Å². The molecule has 0 saturated heterocycles. The number of carbonyl (C=O) groups excluding carboxylic acids is 2. The number of esters is 1. The van der Waals surface area contributed by atoms with E-state index in [9.17, 15) is 23.9 Å². The van der Waals surface area contributed by atoms with Crippen molar-refractivity contribution in [2.45, 2.75) is 80.1 Å². The Bertz CT molecular complexity index is 1450. The zero-order valence-corrected chi connectivity index (χ0v) is 25.2. The highest BCUT2D eigenvalue weighted by Crippen LogP contribution is 2.41. The van der Waals surface area contributed by atoms with Gasteiger partial charge in [-0.3, -0.25) is 4.79 Å². The number of hydrogen-bond donors (Lipinski definition) is 3. The summed E-state index contributed by atoms with van der Waals surface area (Å²) in [7, 11) is 1.50. The number of aliphatic hydroxyl groups excluding tert-OH is 1. The lowest BCUT2D eigenvalue weighted by Gasteiger charge is -2.22. The van der Waals surface area contributed by atoms with Crippen molar-refractivity contribution in [2.75, 3.05) is 20.1 Å². The minimum Gasteiger partial charge on any atom is -0.458 e. The van der Waals surface area contributed by atoms with E-state index in [4.69, 9.17) is 9.72 Å². The number of carbonyl (C=O) groups is 2. The number of pyridine rings is 2. The summed E-state index contributed by atoms with van der Waals surface area (Å²) in [6.07, 6.45) is 1.97. The molecule has 6 rings (SSSR count). The molecule has 1 atom stereocenters. The molecule has 0 radical (unpaired) electrons. The molecular weight excluding hydrogens is 527 g/mol. The SMILES string of the molecule is CC.CC.CCNCC=O.CN.Cc1c(F)cc2nc3c(c4c2c1CCC4)Cn1c-3cc2c(c1=O)COC(=O)C2O. The molecule has 0 bridgehead atoms. The Kier molecular flexibility index (Phi) is 12.8. The molecule has 1 aromatic carbocycles. The van der Waals surface area contributed by atoms with Crippen LogP contribution in [-0.2, 0) is 40.3 Å². The fourth-order valence-electron chi connectivity index (χ4n) is 5.27. The van der Waals surface area contributed by atoms with Crippen LogP contribution in [0.2, 0.25) is 0 Å². The van der Waals surface area contributed by atoms with Crippen molar-refractivity contribution >= 4 is 23.2 Å². The smallest absolute Gasteiger partial charge is 0.340 e. The number of fused-ring (bicyclic) bond motifs is 5. The van der Waals surface area contributed by atoms with E-state index in [1.807, 2.05) is 34.6 Å². The van der Waals surface area contributed by atoms with Crippen molar-refractivity contribution < 1.29 is 23.8 Å². The summed E-state index contributed by atoms with van der Waals surface area (Å²) in [6.45, 7) is 13.4. The lowest BCUT2D eigenvalue weighted by atomic mass is 9.85. The molecule has 224 valence electrons. The molecule has 1 aliphatic carbocycles. The monoisotopic (exact) mass is 570 g/mol. The van der Waals surface area contributed by atoms with Crippen molar-refractivity contribution in [3.8, 4) is 11.4 Å². The second-order valence-electron chi connectivity index (χ2n) is 8.97. The Balaban J connectivity index is 0.000000427. The summed E-state index contributed by atoms with van der Waals surface area (Å²) in [5.74, 6) is -1.03. The van der Waals surface area contributed by atoms with E-state index in [0.29, 0.717) is 41.1 Å². The zero-order valence-electron chi connectivity index (χ0n) is 25.2. The number of benzene rings is 1. The minimum atomic E-state index is -1.48.